The number of amides is 1. The van der Waals surface area contributed by atoms with Crippen molar-refractivity contribution in [2.75, 3.05) is 5.32 Å². The summed E-state index contributed by atoms with van der Waals surface area (Å²) in [6.07, 6.45) is 11.3. The van der Waals surface area contributed by atoms with Gasteiger partial charge in [-0.3, -0.25) is 9.78 Å². The Kier molecular flexibility index (Phi) is 4.73. The van der Waals surface area contributed by atoms with Gasteiger partial charge in [0.05, 0.1) is 20.9 Å². The van der Waals surface area contributed by atoms with E-state index in [1.165, 1.54) is 18.3 Å². The Labute approximate surface area is 165 Å². The zero-order valence-electron chi connectivity index (χ0n) is 14.4. The van der Waals surface area contributed by atoms with E-state index in [9.17, 15) is 4.79 Å². The van der Waals surface area contributed by atoms with E-state index in [4.69, 9.17) is 11.6 Å². The summed E-state index contributed by atoms with van der Waals surface area (Å²) < 4.78 is 0.962. The van der Waals surface area contributed by atoms with Gasteiger partial charge in [0, 0.05) is 18.7 Å². The molecule has 132 valence electrons. The van der Waals surface area contributed by atoms with E-state index >= 15 is 0 Å². The first-order valence-corrected chi connectivity index (χ1v) is 9.43. The predicted molar refractivity (Wildman–Crippen MR) is 112 cm³/mol. The van der Waals surface area contributed by atoms with E-state index in [1.54, 1.807) is 6.20 Å². The maximum Gasteiger partial charge on any atom is 0.223 e. The van der Waals surface area contributed by atoms with Crippen LogP contribution in [-0.4, -0.2) is 15.9 Å². The molecule has 4 rings (SSSR count). The van der Waals surface area contributed by atoms with Gasteiger partial charge < -0.3 is 5.32 Å². The molecule has 0 aliphatic heterocycles. The topological polar surface area (TPSA) is 54.9 Å². The van der Waals surface area contributed by atoms with Crippen molar-refractivity contribution < 1.29 is 4.79 Å². The summed E-state index contributed by atoms with van der Waals surface area (Å²) in [5.41, 5.74) is 7.68. The molecule has 0 atom stereocenters. The van der Waals surface area contributed by atoms with Gasteiger partial charge in [0.15, 0.2) is 5.13 Å². The quantitative estimate of drug-likeness (QED) is 0.588. The maximum atomic E-state index is 11.4. The fourth-order valence-corrected chi connectivity index (χ4v) is 3.90. The second-order valence-corrected chi connectivity index (χ2v) is 7.35. The molecule has 1 aliphatic rings. The zero-order valence-corrected chi connectivity index (χ0v) is 15.9. The third-order valence-corrected chi connectivity index (χ3v) is 5.18. The first kappa shape index (κ1) is 17.4. The number of nitrogens with zero attached hydrogens (tertiary/aromatic N) is 2. The molecule has 3 aromatic rings. The lowest BCUT2D eigenvalue weighted by molar-refractivity contribution is -0.114. The first-order valence-electron chi connectivity index (χ1n) is 8.24. The third-order valence-electron chi connectivity index (χ3n) is 3.94. The highest BCUT2D eigenvalue weighted by molar-refractivity contribution is 7.22. The summed E-state index contributed by atoms with van der Waals surface area (Å²) in [5, 5.41) is 3.92. The van der Waals surface area contributed by atoms with Crippen LogP contribution in [0.3, 0.4) is 0 Å². The molecule has 0 saturated carbocycles. The molecule has 1 aromatic carbocycles. The molecule has 0 spiro atoms. The number of nitrogens with one attached hydrogen (secondary N) is 1. The number of hydrogen-bond donors (Lipinski definition) is 1. The highest BCUT2D eigenvalue weighted by Gasteiger charge is 2.15. The Morgan fingerprint density at radius 2 is 2.15 bits per heavy atom. The molecule has 0 saturated heterocycles. The molecule has 0 unspecified atom stereocenters. The minimum Gasteiger partial charge on any atom is -0.302 e. The van der Waals surface area contributed by atoms with Gasteiger partial charge in [-0.05, 0) is 53.6 Å². The minimum atomic E-state index is -0.147. The molecule has 4 nitrogen and oxygen atoms in total. The molecule has 0 radical (unpaired) electrons. The van der Waals surface area contributed by atoms with E-state index in [0.717, 1.165) is 32.6 Å². The average Bonchev–Trinajstić information content (AvgIpc) is 2.86. The summed E-state index contributed by atoms with van der Waals surface area (Å²) in [7, 11) is 0. The van der Waals surface area contributed by atoms with Crippen LogP contribution in [0.5, 0.6) is 0 Å². The van der Waals surface area contributed by atoms with Gasteiger partial charge in [-0.15, -0.1) is 5.73 Å². The minimum absolute atomic E-state index is 0.147. The van der Waals surface area contributed by atoms with Crippen LogP contribution in [0.4, 0.5) is 5.13 Å². The Hall–Kier alpha value is -2.98. The summed E-state index contributed by atoms with van der Waals surface area (Å²) in [4.78, 5) is 20.5. The van der Waals surface area contributed by atoms with E-state index < -0.39 is 0 Å². The van der Waals surface area contributed by atoms with Crippen LogP contribution in [0.15, 0.2) is 66.6 Å². The molecule has 1 aliphatic carbocycles. The van der Waals surface area contributed by atoms with Crippen molar-refractivity contribution in [3.05, 3.63) is 77.2 Å². The van der Waals surface area contributed by atoms with Crippen molar-refractivity contribution in [2.45, 2.75) is 6.92 Å². The van der Waals surface area contributed by atoms with Gasteiger partial charge in [-0.25, -0.2) is 4.98 Å². The lowest BCUT2D eigenvalue weighted by Gasteiger charge is -2.07. The predicted octanol–water partition coefficient (Wildman–Crippen LogP) is 5.63. The average molecular weight is 392 g/mol. The van der Waals surface area contributed by atoms with Crippen LogP contribution in [-0.2, 0) is 4.79 Å². The van der Waals surface area contributed by atoms with Gasteiger partial charge in [-0.2, -0.15) is 0 Å². The van der Waals surface area contributed by atoms with E-state index in [2.05, 4.69) is 27.1 Å². The highest BCUT2D eigenvalue weighted by Crippen LogP contribution is 2.37. The molecular weight excluding hydrogens is 378 g/mol. The number of pyridine rings is 1. The van der Waals surface area contributed by atoms with Crippen LogP contribution < -0.4 is 5.32 Å². The summed E-state index contributed by atoms with van der Waals surface area (Å²) in [6.45, 7) is 1.47. The number of carbonyl (C=O) groups excluding carboxylic acids is 1. The largest absolute Gasteiger partial charge is 0.302 e. The SMILES string of the molecule is CC(=O)Nc1nc2cc(C3=CC=C=CC=C3)cc(-c3ccc(Cl)cn3)c2s1. The van der Waals surface area contributed by atoms with Gasteiger partial charge in [-0.1, -0.05) is 35.1 Å². The van der Waals surface area contributed by atoms with Crippen molar-refractivity contribution in [1.29, 1.82) is 0 Å². The van der Waals surface area contributed by atoms with Crippen molar-refractivity contribution in [2.24, 2.45) is 0 Å². The normalized spacial score (nSPS) is 12.9. The Morgan fingerprint density at radius 3 is 2.93 bits per heavy atom. The molecule has 27 heavy (non-hydrogen) atoms. The van der Waals surface area contributed by atoms with Crippen molar-refractivity contribution in [3.63, 3.8) is 0 Å². The van der Waals surface area contributed by atoms with Crippen LogP contribution in [0.2, 0.25) is 5.02 Å². The number of benzene rings is 1. The van der Waals surface area contributed by atoms with E-state index in [-0.39, 0.29) is 5.91 Å². The number of aromatic nitrogens is 2. The summed E-state index contributed by atoms with van der Waals surface area (Å²) >= 11 is 7.43. The van der Waals surface area contributed by atoms with Crippen LogP contribution in [0.1, 0.15) is 12.5 Å². The second kappa shape index (κ2) is 7.33. The fourth-order valence-electron chi connectivity index (χ4n) is 2.78. The van der Waals surface area contributed by atoms with Crippen molar-refractivity contribution in [3.8, 4) is 11.3 Å². The number of carbonyl (C=O) groups is 1. The molecule has 1 amide bonds. The zero-order chi connectivity index (χ0) is 18.8. The van der Waals surface area contributed by atoms with Crippen molar-refractivity contribution >= 4 is 49.8 Å². The van der Waals surface area contributed by atoms with Crippen LogP contribution >= 0.6 is 22.9 Å². The number of fused-ring (bicyclic) bond motifs is 1. The van der Waals surface area contributed by atoms with Gasteiger partial charge >= 0.3 is 0 Å². The standard InChI is InChI=1S/C21H14ClN3OS/c1-13(26)24-21-25-19-11-15(14-6-4-2-3-5-7-14)10-17(20(19)27-21)18-9-8-16(22)12-23-18/h2,4-12H,1H3,(H,24,25,26). The van der Waals surface area contributed by atoms with Crippen LogP contribution in [0.25, 0.3) is 27.0 Å². The molecule has 1 N–H and O–H groups in total. The molecular formula is C21H14ClN3OS. The lowest BCUT2D eigenvalue weighted by Crippen LogP contribution is -2.04. The number of halogens is 1. The van der Waals surface area contributed by atoms with Crippen molar-refractivity contribution in [1.82, 2.24) is 9.97 Å². The summed E-state index contributed by atoms with van der Waals surface area (Å²) in [6, 6.07) is 7.81. The summed E-state index contributed by atoms with van der Waals surface area (Å²) in [5.74, 6) is -0.147. The van der Waals surface area contributed by atoms with Gasteiger partial charge in [0.2, 0.25) is 5.91 Å². The Balaban J connectivity index is 1.93. The Bertz CT molecular complexity index is 1170. The van der Waals surface area contributed by atoms with Gasteiger partial charge in [0.25, 0.3) is 0 Å². The smallest absolute Gasteiger partial charge is 0.223 e. The lowest BCUT2D eigenvalue weighted by atomic mass is 10.00. The number of thiazole rings is 1. The number of rotatable bonds is 3. The number of allylic oxidation sites excluding steroid dienone is 5. The van der Waals surface area contributed by atoms with E-state index in [0.29, 0.717) is 10.2 Å². The third kappa shape index (κ3) is 3.76. The highest BCUT2D eigenvalue weighted by atomic mass is 35.5. The molecule has 0 bridgehead atoms. The van der Waals surface area contributed by atoms with Crippen LogP contribution in [0, 0.1) is 0 Å². The monoisotopic (exact) mass is 391 g/mol. The second-order valence-electron chi connectivity index (χ2n) is 5.92. The molecule has 0 fully saturated rings. The maximum absolute atomic E-state index is 11.4. The first-order chi connectivity index (χ1) is 13.1. The van der Waals surface area contributed by atoms with Gasteiger partial charge in [0.1, 0.15) is 0 Å². The fraction of sp³-hybridized carbons (Fsp3) is 0.0476. The Morgan fingerprint density at radius 1 is 1.26 bits per heavy atom. The molecule has 2 aromatic heterocycles. The van der Waals surface area contributed by atoms with E-state index in [1.807, 2.05) is 48.6 Å². The number of anilines is 1. The number of hydrogen-bond acceptors (Lipinski definition) is 4. The molecule has 2 heterocycles. The molecule has 6 heteroatoms.